The highest BCUT2D eigenvalue weighted by atomic mass is 16.5. The highest BCUT2D eigenvalue weighted by Crippen LogP contribution is 1.98. The number of carbonyl (C=O) groups is 1. The van der Waals surface area contributed by atoms with E-state index in [1.807, 2.05) is 26.2 Å². The third kappa shape index (κ3) is 2.86. The molecule has 0 aromatic heterocycles. The lowest BCUT2D eigenvalue weighted by Gasteiger charge is -2.28. The average molecular weight is 160 g/mol. The Bertz CT molecular complexity index is 136. The van der Waals surface area contributed by atoms with Gasteiger partial charge in [0.15, 0.2) is 0 Å². The Labute approximate surface area is 67.7 Å². The minimum absolute atomic E-state index is 0.221. The van der Waals surface area contributed by atoms with Crippen LogP contribution in [0.25, 0.3) is 0 Å². The molecule has 0 radical (unpaired) electrons. The van der Waals surface area contributed by atoms with Gasteiger partial charge in [-0.15, -0.1) is 0 Å². The molecule has 0 saturated heterocycles. The van der Waals surface area contributed by atoms with E-state index in [0.29, 0.717) is 0 Å². The van der Waals surface area contributed by atoms with E-state index in [1.165, 1.54) is 7.11 Å². The summed E-state index contributed by atoms with van der Waals surface area (Å²) in [6.07, 6.45) is 0. The first kappa shape index (κ1) is 10.4. The Morgan fingerprint density at radius 2 is 1.82 bits per heavy atom. The predicted molar refractivity (Wildman–Crippen MR) is 42.9 cm³/mol. The summed E-state index contributed by atoms with van der Waals surface area (Å²) in [5.41, 5.74) is 0. The SMILES string of the molecule is COC(=O)C(C)N(C)N(C)C. The van der Waals surface area contributed by atoms with Gasteiger partial charge in [-0.2, -0.15) is 0 Å². The van der Waals surface area contributed by atoms with E-state index < -0.39 is 0 Å². The fourth-order valence-corrected chi connectivity index (χ4v) is 0.670. The first-order chi connectivity index (χ1) is 5.00. The zero-order valence-electron chi connectivity index (χ0n) is 7.79. The number of carbonyl (C=O) groups excluding carboxylic acids is 1. The van der Waals surface area contributed by atoms with Crippen LogP contribution < -0.4 is 0 Å². The molecule has 0 aromatic carbocycles. The van der Waals surface area contributed by atoms with Crippen molar-refractivity contribution in [1.82, 2.24) is 10.0 Å². The molecule has 0 bridgehead atoms. The molecule has 1 unspecified atom stereocenters. The van der Waals surface area contributed by atoms with Gasteiger partial charge >= 0.3 is 5.97 Å². The monoisotopic (exact) mass is 160 g/mol. The van der Waals surface area contributed by atoms with Crippen molar-refractivity contribution in [3.63, 3.8) is 0 Å². The Hall–Kier alpha value is -0.610. The Balaban J connectivity index is 4.01. The number of methoxy groups -OCH3 is 1. The Morgan fingerprint density at radius 1 is 1.36 bits per heavy atom. The van der Waals surface area contributed by atoms with Crippen molar-refractivity contribution in [2.75, 3.05) is 28.3 Å². The maximum absolute atomic E-state index is 11.0. The van der Waals surface area contributed by atoms with Crippen molar-refractivity contribution in [2.45, 2.75) is 13.0 Å². The second kappa shape index (κ2) is 4.31. The topological polar surface area (TPSA) is 32.8 Å². The summed E-state index contributed by atoms with van der Waals surface area (Å²) in [6, 6.07) is -0.227. The van der Waals surface area contributed by atoms with Crippen LogP contribution in [-0.2, 0) is 9.53 Å². The molecule has 0 saturated carbocycles. The van der Waals surface area contributed by atoms with Crippen molar-refractivity contribution in [3.8, 4) is 0 Å². The highest BCUT2D eigenvalue weighted by molar-refractivity contribution is 5.74. The third-order valence-corrected chi connectivity index (χ3v) is 1.73. The first-order valence-electron chi connectivity index (χ1n) is 3.48. The van der Waals surface area contributed by atoms with Gasteiger partial charge in [0, 0.05) is 21.1 Å². The summed E-state index contributed by atoms with van der Waals surface area (Å²) in [6.45, 7) is 1.80. The molecule has 4 nitrogen and oxygen atoms in total. The number of nitrogens with zero attached hydrogens (tertiary/aromatic N) is 2. The lowest BCUT2D eigenvalue weighted by Crippen LogP contribution is -2.44. The van der Waals surface area contributed by atoms with Crippen LogP contribution in [0.1, 0.15) is 6.92 Å². The van der Waals surface area contributed by atoms with Crippen LogP contribution in [0.5, 0.6) is 0 Å². The Morgan fingerprint density at radius 3 is 2.09 bits per heavy atom. The van der Waals surface area contributed by atoms with Gasteiger partial charge in [-0.05, 0) is 6.92 Å². The van der Waals surface area contributed by atoms with Crippen molar-refractivity contribution >= 4 is 5.97 Å². The van der Waals surface area contributed by atoms with E-state index >= 15 is 0 Å². The number of likely N-dealkylation sites (N-methyl/N-ethyl adjacent to an activating group) is 1. The molecular formula is C7H16N2O2. The van der Waals surface area contributed by atoms with Gasteiger partial charge < -0.3 is 4.74 Å². The van der Waals surface area contributed by atoms with Crippen LogP contribution >= 0.6 is 0 Å². The quantitative estimate of drug-likeness (QED) is 0.428. The molecule has 0 spiro atoms. The van der Waals surface area contributed by atoms with Gasteiger partial charge in [0.2, 0.25) is 0 Å². The normalized spacial score (nSPS) is 13.7. The van der Waals surface area contributed by atoms with Gasteiger partial charge in [0.05, 0.1) is 7.11 Å². The summed E-state index contributed by atoms with van der Waals surface area (Å²) >= 11 is 0. The largest absolute Gasteiger partial charge is 0.468 e. The maximum atomic E-state index is 11.0. The maximum Gasteiger partial charge on any atom is 0.324 e. The summed E-state index contributed by atoms with van der Waals surface area (Å²) in [5, 5.41) is 3.63. The fraction of sp³-hybridized carbons (Fsp3) is 0.857. The minimum atomic E-state index is -0.227. The van der Waals surface area contributed by atoms with E-state index in [1.54, 1.807) is 11.9 Å². The van der Waals surface area contributed by atoms with E-state index in [2.05, 4.69) is 4.74 Å². The zero-order valence-corrected chi connectivity index (χ0v) is 7.79. The Kier molecular flexibility index (Phi) is 4.07. The standard InChI is InChI=1S/C7H16N2O2/c1-6(7(10)11-5)9(4)8(2)3/h6H,1-5H3. The molecule has 0 rings (SSSR count). The van der Waals surface area contributed by atoms with Crippen LogP contribution in [0.2, 0.25) is 0 Å². The van der Waals surface area contributed by atoms with E-state index in [-0.39, 0.29) is 12.0 Å². The molecule has 4 heteroatoms. The minimum Gasteiger partial charge on any atom is -0.468 e. The van der Waals surface area contributed by atoms with E-state index in [4.69, 9.17) is 0 Å². The number of hydrogen-bond donors (Lipinski definition) is 0. The smallest absolute Gasteiger partial charge is 0.324 e. The summed E-state index contributed by atoms with van der Waals surface area (Å²) in [4.78, 5) is 11.0. The number of ether oxygens (including phenoxy) is 1. The van der Waals surface area contributed by atoms with Crippen LogP contribution in [0.4, 0.5) is 0 Å². The van der Waals surface area contributed by atoms with Crippen molar-refractivity contribution in [2.24, 2.45) is 0 Å². The predicted octanol–water partition coefficient (Wildman–Crippen LogP) is -0.0437. The molecule has 0 N–H and O–H groups in total. The van der Waals surface area contributed by atoms with Gasteiger partial charge in [-0.3, -0.25) is 4.79 Å². The highest BCUT2D eigenvalue weighted by Gasteiger charge is 2.19. The molecule has 0 heterocycles. The van der Waals surface area contributed by atoms with Gasteiger partial charge in [-0.1, -0.05) is 0 Å². The molecule has 1 atom stereocenters. The molecule has 66 valence electrons. The lowest BCUT2D eigenvalue weighted by atomic mass is 10.3. The molecule has 0 aliphatic carbocycles. The van der Waals surface area contributed by atoms with Crippen molar-refractivity contribution in [3.05, 3.63) is 0 Å². The van der Waals surface area contributed by atoms with Gasteiger partial charge in [0.25, 0.3) is 0 Å². The molecular weight excluding hydrogens is 144 g/mol. The second-order valence-corrected chi connectivity index (χ2v) is 2.62. The summed E-state index contributed by atoms with van der Waals surface area (Å²) in [7, 11) is 6.98. The number of esters is 1. The van der Waals surface area contributed by atoms with Crippen molar-refractivity contribution in [1.29, 1.82) is 0 Å². The molecule has 0 amide bonds. The second-order valence-electron chi connectivity index (χ2n) is 2.62. The zero-order chi connectivity index (χ0) is 9.02. The lowest BCUT2D eigenvalue weighted by molar-refractivity contribution is -0.151. The van der Waals surface area contributed by atoms with Crippen LogP contribution in [0.15, 0.2) is 0 Å². The van der Waals surface area contributed by atoms with Crippen LogP contribution in [-0.4, -0.2) is 50.3 Å². The molecule has 0 fully saturated rings. The molecule has 0 aliphatic rings. The van der Waals surface area contributed by atoms with Gasteiger partial charge in [-0.25, -0.2) is 10.0 Å². The molecule has 11 heavy (non-hydrogen) atoms. The number of rotatable bonds is 3. The number of hydrogen-bond acceptors (Lipinski definition) is 4. The third-order valence-electron chi connectivity index (χ3n) is 1.73. The van der Waals surface area contributed by atoms with Crippen molar-refractivity contribution < 1.29 is 9.53 Å². The molecule has 0 aliphatic heterocycles. The van der Waals surface area contributed by atoms with Gasteiger partial charge in [0.1, 0.15) is 6.04 Å². The van der Waals surface area contributed by atoms with Crippen LogP contribution in [0, 0.1) is 0 Å². The number of hydrazine groups is 1. The molecule has 0 aromatic rings. The summed E-state index contributed by atoms with van der Waals surface area (Å²) < 4.78 is 4.58. The van der Waals surface area contributed by atoms with E-state index in [0.717, 1.165) is 0 Å². The van der Waals surface area contributed by atoms with E-state index in [9.17, 15) is 4.79 Å². The first-order valence-corrected chi connectivity index (χ1v) is 3.48. The average Bonchev–Trinajstić information content (AvgIpc) is 2.00. The van der Waals surface area contributed by atoms with Crippen LogP contribution in [0.3, 0.4) is 0 Å². The summed E-state index contributed by atoms with van der Waals surface area (Å²) in [5.74, 6) is -0.221. The fourth-order valence-electron chi connectivity index (χ4n) is 0.670.